The number of carbonyl (C=O) groups excluding carboxylic acids is 1. The summed E-state index contributed by atoms with van der Waals surface area (Å²) in [4.78, 5) is 13.9. The summed E-state index contributed by atoms with van der Waals surface area (Å²) in [6, 6.07) is 9.61. The van der Waals surface area contributed by atoms with E-state index in [-0.39, 0.29) is 29.0 Å². The minimum Gasteiger partial charge on any atom is -0.487 e. The molecule has 1 N–H and O–H groups in total. The van der Waals surface area contributed by atoms with Gasteiger partial charge in [-0.25, -0.2) is 4.39 Å². The third-order valence-electron chi connectivity index (χ3n) is 5.09. The molecular weight excluding hydrogens is 404 g/mol. The number of benzene rings is 2. The number of hydrogen-bond acceptors (Lipinski definition) is 3. The second-order valence-corrected chi connectivity index (χ2v) is 7.76. The van der Waals surface area contributed by atoms with Crippen molar-refractivity contribution in [2.24, 2.45) is 0 Å². The molecule has 146 valence electrons. The fourth-order valence-electron chi connectivity index (χ4n) is 3.71. The summed E-state index contributed by atoms with van der Waals surface area (Å²) in [5, 5.41) is 11.3. The summed E-state index contributed by atoms with van der Waals surface area (Å²) in [7, 11) is 0. The van der Waals surface area contributed by atoms with Gasteiger partial charge in [-0.3, -0.25) is 9.69 Å². The van der Waals surface area contributed by atoms with E-state index in [0.29, 0.717) is 29.0 Å². The Kier molecular flexibility index (Phi) is 5.32. The molecule has 7 heteroatoms. The molecule has 0 aromatic heterocycles. The number of ether oxygens (including phenoxy) is 1. The number of halogens is 3. The zero-order valence-corrected chi connectivity index (χ0v) is 16.4. The molecule has 2 aromatic rings. The lowest BCUT2D eigenvalue weighted by Gasteiger charge is -2.24. The van der Waals surface area contributed by atoms with Crippen LogP contribution in [0.5, 0.6) is 5.75 Å². The van der Waals surface area contributed by atoms with Crippen molar-refractivity contribution in [2.45, 2.75) is 38.5 Å². The fourth-order valence-corrected chi connectivity index (χ4v) is 4.13. The lowest BCUT2D eigenvalue weighted by Crippen LogP contribution is -2.36. The number of nitrogens with zero attached hydrogens (tertiary/aromatic N) is 1. The molecule has 2 aromatic carbocycles. The first-order chi connectivity index (χ1) is 13.5. The quantitative estimate of drug-likeness (QED) is 0.733. The van der Waals surface area contributed by atoms with Gasteiger partial charge in [0.25, 0.3) is 5.91 Å². The van der Waals surface area contributed by atoms with E-state index in [1.54, 1.807) is 18.2 Å². The monoisotopic (exact) mass is 421 g/mol. The maximum atomic E-state index is 14.6. The van der Waals surface area contributed by atoms with E-state index in [1.807, 2.05) is 6.07 Å². The molecule has 1 atom stereocenters. The smallest absolute Gasteiger partial charge is 0.256 e. The van der Waals surface area contributed by atoms with Gasteiger partial charge < -0.3 is 9.84 Å². The van der Waals surface area contributed by atoms with Gasteiger partial charge in [0.1, 0.15) is 18.2 Å². The molecule has 2 aliphatic rings. The van der Waals surface area contributed by atoms with Crippen LogP contribution in [0.25, 0.3) is 0 Å². The standard InChI is InChI=1S/C21H18Cl2FNO3/c22-13-5-3-4-12(8-13)11-28-19-10-18(17(24)9-16(19)23)25-20(26)14-6-1-2-7-15(14)21(25)27/h3-5,8-10,20,26H,1-2,6-7,11H2. The average Bonchev–Trinajstić information content (AvgIpc) is 2.93. The summed E-state index contributed by atoms with van der Waals surface area (Å²) >= 11 is 12.1. The average molecular weight is 422 g/mol. The van der Waals surface area contributed by atoms with Crippen molar-refractivity contribution >= 4 is 34.8 Å². The van der Waals surface area contributed by atoms with Crippen LogP contribution < -0.4 is 9.64 Å². The molecule has 1 unspecified atom stereocenters. The van der Waals surface area contributed by atoms with Crippen LogP contribution in [0.2, 0.25) is 10.0 Å². The summed E-state index contributed by atoms with van der Waals surface area (Å²) < 4.78 is 20.4. The normalized spacial score (nSPS) is 19.2. The molecule has 1 aliphatic heterocycles. The molecule has 0 bridgehead atoms. The number of amides is 1. The second-order valence-electron chi connectivity index (χ2n) is 6.91. The van der Waals surface area contributed by atoms with Gasteiger partial charge in [0.15, 0.2) is 6.23 Å². The van der Waals surface area contributed by atoms with Crippen molar-refractivity contribution in [1.82, 2.24) is 0 Å². The van der Waals surface area contributed by atoms with Gasteiger partial charge in [-0.15, -0.1) is 0 Å². The third-order valence-corrected chi connectivity index (χ3v) is 5.62. The van der Waals surface area contributed by atoms with Crippen molar-refractivity contribution < 1.29 is 19.0 Å². The van der Waals surface area contributed by atoms with Crippen LogP contribution in [0, 0.1) is 5.82 Å². The van der Waals surface area contributed by atoms with Gasteiger partial charge in [-0.1, -0.05) is 35.3 Å². The van der Waals surface area contributed by atoms with E-state index >= 15 is 0 Å². The van der Waals surface area contributed by atoms with Crippen molar-refractivity contribution in [3.8, 4) is 5.75 Å². The van der Waals surface area contributed by atoms with E-state index < -0.39 is 12.0 Å². The Labute approximate surface area is 172 Å². The number of aliphatic hydroxyl groups is 1. The zero-order valence-electron chi connectivity index (χ0n) is 14.9. The van der Waals surface area contributed by atoms with Crippen LogP contribution in [0.3, 0.4) is 0 Å². The van der Waals surface area contributed by atoms with E-state index in [2.05, 4.69) is 0 Å². The first-order valence-electron chi connectivity index (χ1n) is 9.05. The Morgan fingerprint density at radius 2 is 1.96 bits per heavy atom. The zero-order chi connectivity index (χ0) is 19.8. The minimum atomic E-state index is -1.15. The highest BCUT2D eigenvalue weighted by Gasteiger charge is 2.40. The number of anilines is 1. The molecule has 0 saturated heterocycles. The number of hydrogen-bond donors (Lipinski definition) is 1. The molecule has 1 heterocycles. The highest BCUT2D eigenvalue weighted by Crippen LogP contribution is 2.41. The van der Waals surface area contributed by atoms with Gasteiger partial charge in [0.05, 0.1) is 10.7 Å². The fraction of sp³-hybridized carbons (Fsp3) is 0.286. The lowest BCUT2D eigenvalue weighted by molar-refractivity contribution is -0.115. The molecule has 0 saturated carbocycles. The minimum absolute atomic E-state index is 0.0441. The van der Waals surface area contributed by atoms with Gasteiger partial charge >= 0.3 is 0 Å². The predicted octanol–water partition coefficient (Wildman–Crippen LogP) is 5.25. The highest BCUT2D eigenvalue weighted by molar-refractivity contribution is 6.32. The Hall–Kier alpha value is -2.08. The molecule has 0 spiro atoms. The van der Waals surface area contributed by atoms with Crippen molar-refractivity contribution in [2.75, 3.05) is 4.90 Å². The Morgan fingerprint density at radius 3 is 2.71 bits per heavy atom. The predicted molar refractivity (Wildman–Crippen MR) is 106 cm³/mol. The van der Waals surface area contributed by atoms with E-state index in [9.17, 15) is 14.3 Å². The number of aliphatic hydroxyl groups excluding tert-OH is 1. The van der Waals surface area contributed by atoms with Crippen LogP contribution in [-0.2, 0) is 11.4 Å². The van der Waals surface area contributed by atoms with Crippen LogP contribution in [-0.4, -0.2) is 17.2 Å². The number of rotatable bonds is 4. The van der Waals surface area contributed by atoms with Gasteiger partial charge in [0.2, 0.25) is 0 Å². The Bertz CT molecular complexity index is 976. The third kappa shape index (κ3) is 3.50. The van der Waals surface area contributed by atoms with E-state index in [1.165, 1.54) is 6.07 Å². The highest BCUT2D eigenvalue weighted by atomic mass is 35.5. The largest absolute Gasteiger partial charge is 0.487 e. The van der Waals surface area contributed by atoms with Crippen LogP contribution >= 0.6 is 23.2 Å². The summed E-state index contributed by atoms with van der Waals surface area (Å²) in [5.74, 6) is -0.820. The molecule has 4 rings (SSSR count). The van der Waals surface area contributed by atoms with E-state index in [0.717, 1.165) is 29.4 Å². The molecule has 1 aliphatic carbocycles. The molecule has 0 radical (unpaired) electrons. The first kappa shape index (κ1) is 19.2. The Balaban J connectivity index is 1.62. The lowest BCUT2D eigenvalue weighted by atomic mass is 9.93. The van der Waals surface area contributed by atoms with Gasteiger partial charge in [0, 0.05) is 16.7 Å². The number of carbonyl (C=O) groups is 1. The van der Waals surface area contributed by atoms with Crippen molar-refractivity contribution in [1.29, 1.82) is 0 Å². The molecular formula is C21H18Cl2FNO3. The summed E-state index contributed by atoms with van der Waals surface area (Å²) in [6.45, 7) is 0.177. The molecule has 4 nitrogen and oxygen atoms in total. The second kappa shape index (κ2) is 7.74. The van der Waals surface area contributed by atoms with Crippen molar-refractivity contribution in [3.05, 3.63) is 69.0 Å². The Morgan fingerprint density at radius 1 is 1.18 bits per heavy atom. The maximum absolute atomic E-state index is 14.6. The topological polar surface area (TPSA) is 49.8 Å². The molecule has 1 amide bonds. The van der Waals surface area contributed by atoms with Gasteiger partial charge in [-0.05, 0) is 55.0 Å². The molecule has 0 fully saturated rings. The maximum Gasteiger partial charge on any atom is 0.256 e. The van der Waals surface area contributed by atoms with E-state index in [4.69, 9.17) is 27.9 Å². The SMILES string of the molecule is O=C1C2=C(CCCC2)C(O)N1c1cc(OCc2cccc(Cl)c2)c(Cl)cc1F. The van der Waals surface area contributed by atoms with Crippen LogP contribution in [0.1, 0.15) is 31.2 Å². The van der Waals surface area contributed by atoms with Crippen molar-refractivity contribution in [3.63, 3.8) is 0 Å². The molecule has 28 heavy (non-hydrogen) atoms. The van der Waals surface area contributed by atoms with Crippen LogP contribution in [0.4, 0.5) is 10.1 Å². The van der Waals surface area contributed by atoms with Crippen LogP contribution in [0.15, 0.2) is 47.5 Å². The summed E-state index contributed by atoms with van der Waals surface area (Å²) in [6.07, 6.45) is 1.90. The first-order valence-corrected chi connectivity index (χ1v) is 9.81. The summed E-state index contributed by atoms with van der Waals surface area (Å²) in [5.41, 5.74) is 2.06. The van der Waals surface area contributed by atoms with Gasteiger partial charge in [-0.2, -0.15) is 0 Å².